The van der Waals surface area contributed by atoms with Crippen LogP contribution in [0.1, 0.15) is 126 Å². The van der Waals surface area contributed by atoms with Crippen molar-refractivity contribution in [2.75, 3.05) is 0 Å². The lowest BCUT2D eigenvalue weighted by Crippen LogP contribution is -2.51. The number of rotatable bonds is 8. The van der Waals surface area contributed by atoms with Crippen molar-refractivity contribution >= 4 is 11.9 Å². The fraction of sp³-hybridized carbons (Fsp3) is 0.714. The quantitative estimate of drug-likeness (QED) is 0.267. The summed E-state index contributed by atoms with van der Waals surface area (Å²) in [4.78, 5) is 24.5. The maximum Gasteiger partial charge on any atom is 0.339 e. The van der Waals surface area contributed by atoms with Crippen molar-refractivity contribution in [3.8, 4) is 0 Å². The highest BCUT2D eigenvalue weighted by Crippen LogP contribution is 2.67. The number of allylic oxidation sites excluding steroid dienone is 1. The SMILES string of the molecule is CC(C)CCC[C@@H](C)[C@H]1CC[C@H]2[C@@H]3CC=C4C[C@@H](OC(=O)c5ccccc5C(=O)O)CC[C@]4(C)[C@H]3CC[C@]12C. The van der Waals surface area contributed by atoms with Gasteiger partial charge < -0.3 is 9.84 Å². The van der Waals surface area contributed by atoms with Crippen molar-refractivity contribution in [1.29, 1.82) is 0 Å². The van der Waals surface area contributed by atoms with E-state index in [-0.39, 0.29) is 22.6 Å². The molecule has 0 spiro atoms. The molecule has 0 unspecified atom stereocenters. The predicted octanol–water partition coefficient (Wildman–Crippen LogP) is 8.95. The van der Waals surface area contributed by atoms with Gasteiger partial charge >= 0.3 is 11.9 Å². The Labute approximate surface area is 236 Å². The molecule has 3 saturated carbocycles. The molecule has 0 heterocycles. The lowest BCUT2D eigenvalue weighted by molar-refractivity contribution is -0.0594. The summed E-state index contributed by atoms with van der Waals surface area (Å²) in [7, 11) is 0. The minimum absolute atomic E-state index is 0.0113. The molecule has 4 heteroatoms. The molecule has 1 aromatic rings. The Morgan fingerprint density at radius 1 is 0.974 bits per heavy atom. The normalized spacial score (nSPS) is 36.4. The largest absolute Gasteiger partial charge is 0.478 e. The van der Waals surface area contributed by atoms with E-state index in [1.54, 1.807) is 18.2 Å². The number of ether oxygens (including phenoxy) is 1. The maximum atomic E-state index is 12.9. The smallest absolute Gasteiger partial charge is 0.339 e. The topological polar surface area (TPSA) is 63.6 Å². The first kappa shape index (κ1) is 28.4. The highest BCUT2D eigenvalue weighted by molar-refractivity contribution is 6.02. The van der Waals surface area contributed by atoms with Gasteiger partial charge in [0.1, 0.15) is 6.10 Å². The second-order valence-corrected chi connectivity index (χ2v) is 14.4. The van der Waals surface area contributed by atoms with Crippen LogP contribution in [0.5, 0.6) is 0 Å². The molecule has 214 valence electrons. The van der Waals surface area contributed by atoms with Crippen LogP contribution in [-0.4, -0.2) is 23.1 Å². The van der Waals surface area contributed by atoms with Gasteiger partial charge in [-0.25, -0.2) is 9.59 Å². The highest BCUT2D eigenvalue weighted by atomic mass is 16.5. The van der Waals surface area contributed by atoms with Crippen molar-refractivity contribution in [2.45, 2.75) is 111 Å². The molecule has 5 rings (SSSR count). The van der Waals surface area contributed by atoms with Crippen molar-refractivity contribution in [1.82, 2.24) is 0 Å². The Balaban J connectivity index is 1.26. The van der Waals surface area contributed by atoms with E-state index >= 15 is 0 Å². The third-order valence-corrected chi connectivity index (χ3v) is 11.9. The number of aromatic carboxylic acids is 1. The van der Waals surface area contributed by atoms with E-state index in [2.05, 4.69) is 40.7 Å². The summed E-state index contributed by atoms with van der Waals surface area (Å²) >= 11 is 0. The van der Waals surface area contributed by atoms with Crippen LogP contribution in [0, 0.1) is 46.3 Å². The van der Waals surface area contributed by atoms with Gasteiger partial charge in [0.2, 0.25) is 0 Å². The Bertz CT molecular complexity index is 1100. The fourth-order valence-corrected chi connectivity index (χ4v) is 9.82. The molecule has 0 saturated heterocycles. The number of hydrogen-bond donors (Lipinski definition) is 1. The Hall–Kier alpha value is -2.10. The van der Waals surface area contributed by atoms with E-state index in [1.807, 2.05) is 0 Å². The monoisotopic (exact) mass is 534 g/mol. The lowest BCUT2D eigenvalue weighted by atomic mass is 9.47. The number of esters is 1. The molecule has 8 atom stereocenters. The molecule has 4 nitrogen and oxygen atoms in total. The Kier molecular flexibility index (Phi) is 8.06. The van der Waals surface area contributed by atoms with E-state index in [0.29, 0.717) is 5.41 Å². The molecule has 3 fully saturated rings. The van der Waals surface area contributed by atoms with Gasteiger partial charge in [-0.1, -0.05) is 77.7 Å². The van der Waals surface area contributed by atoms with Gasteiger partial charge in [-0.05, 0) is 103 Å². The average Bonchev–Trinajstić information content (AvgIpc) is 3.26. The summed E-state index contributed by atoms with van der Waals surface area (Å²) in [6.45, 7) is 12.4. The molecule has 4 aliphatic rings. The molecule has 1 aromatic carbocycles. The number of carboxylic acid groups (broad SMARTS) is 1. The number of fused-ring (bicyclic) bond motifs is 5. The molecule has 0 aliphatic heterocycles. The van der Waals surface area contributed by atoms with Crippen molar-refractivity contribution in [2.24, 2.45) is 46.3 Å². The summed E-state index contributed by atoms with van der Waals surface area (Å²) < 4.78 is 5.93. The summed E-state index contributed by atoms with van der Waals surface area (Å²) in [6.07, 6.45) is 15.9. The molecule has 0 bridgehead atoms. The maximum absolute atomic E-state index is 12.9. The summed E-state index contributed by atoms with van der Waals surface area (Å²) in [6, 6.07) is 6.37. The lowest BCUT2D eigenvalue weighted by Gasteiger charge is -2.58. The highest BCUT2D eigenvalue weighted by Gasteiger charge is 2.59. The molecule has 0 amide bonds. The van der Waals surface area contributed by atoms with Crippen LogP contribution in [0.25, 0.3) is 0 Å². The first-order chi connectivity index (χ1) is 18.5. The average molecular weight is 535 g/mol. The molecule has 0 aromatic heterocycles. The second-order valence-electron chi connectivity index (χ2n) is 14.4. The number of benzene rings is 1. The second kappa shape index (κ2) is 11.1. The molecule has 0 radical (unpaired) electrons. The third-order valence-electron chi connectivity index (χ3n) is 11.9. The zero-order chi connectivity index (χ0) is 27.9. The van der Waals surface area contributed by atoms with Crippen LogP contribution in [-0.2, 0) is 4.74 Å². The predicted molar refractivity (Wildman–Crippen MR) is 156 cm³/mol. The summed E-state index contributed by atoms with van der Waals surface area (Å²) in [5.41, 5.74) is 2.34. The van der Waals surface area contributed by atoms with Gasteiger partial charge in [0.15, 0.2) is 0 Å². The number of carbonyl (C=O) groups excluding carboxylic acids is 1. The molecular formula is C35H50O4. The number of carbonyl (C=O) groups is 2. The Morgan fingerprint density at radius 3 is 2.44 bits per heavy atom. The van der Waals surface area contributed by atoms with Crippen molar-refractivity contribution in [3.63, 3.8) is 0 Å². The number of carboxylic acids is 1. The van der Waals surface area contributed by atoms with Gasteiger partial charge in [0.05, 0.1) is 11.1 Å². The summed E-state index contributed by atoms with van der Waals surface area (Å²) in [5, 5.41) is 9.49. The first-order valence-corrected chi connectivity index (χ1v) is 15.8. The first-order valence-electron chi connectivity index (χ1n) is 15.8. The van der Waals surface area contributed by atoms with Crippen LogP contribution in [0.3, 0.4) is 0 Å². The van der Waals surface area contributed by atoms with Crippen LogP contribution in [0.4, 0.5) is 0 Å². The van der Waals surface area contributed by atoms with Gasteiger partial charge in [0.25, 0.3) is 0 Å². The molecule has 4 aliphatic carbocycles. The zero-order valence-corrected chi connectivity index (χ0v) is 24.9. The van der Waals surface area contributed by atoms with E-state index in [9.17, 15) is 14.7 Å². The third kappa shape index (κ3) is 5.22. The van der Waals surface area contributed by atoms with Gasteiger partial charge in [-0.15, -0.1) is 0 Å². The Morgan fingerprint density at radius 2 is 1.72 bits per heavy atom. The van der Waals surface area contributed by atoms with Gasteiger partial charge in [-0.3, -0.25) is 0 Å². The van der Waals surface area contributed by atoms with Crippen molar-refractivity contribution in [3.05, 3.63) is 47.0 Å². The van der Waals surface area contributed by atoms with Gasteiger partial charge in [0, 0.05) is 6.42 Å². The van der Waals surface area contributed by atoms with Gasteiger partial charge in [-0.2, -0.15) is 0 Å². The minimum Gasteiger partial charge on any atom is -0.478 e. The molecule has 1 N–H and O–H groups in total. The summed E-state index contributed by atoms with van der Waals surface area (Å²) in [5.74, 6) is 3.26. The standard InChI is InChI=1S/C35H50O4/c1-22(2)9-8-10-23(3)29-15-16-30-28-14-13-24-21-25(17-19-34(24,4)31(28)18-20-35(29,30)5)39-33(38)27-12-7-6-11-26(27)32(36)37/h6-7,11-13,22-23,25,28-31H,8-10,14-21H2,1-5H3,(H,36,37)/t23-,25+,28+,29-,30+,31+,34+,35-/m1/s1. The van der Waals surface area contributed by atoms with E-state index in [0.717, 1.165) is 54.8 Å². The zero-order valence-electron chi connectivity index (χ0n) is 24.9. The van der Waals surface area contributed by atoms with Crippen LogP contribution in [0.15, 0.2) is 35.9 Å². The van der Waals surface area contributed by atoms with Crippen LogP contribution < -0.4 is 0 Å². The van der Waals surface area contributed by atoms with E-state index in [4.69, 9.17) is 4.74 Å². The fourth-order valence-electron chi connectivity index (χ4n) is 9.82. The van der Waals surface area contributed by atoms with Crippen LogP contribution in [0.2, 0.25) is 0 Å². The van der Waals surface area contributed by atoms with E-state index < -0.39 is 11.9 Å². The minimum atomic E-state index is -1.09. The molecule has 39 heavy (non-hydrogen) atoms. The number of hydrogen-bond acceptors (Lipinski definition) is 3. The molecular weight excluding hydrogens is 484 g/mol. The van der Waals surface area contributed by atoms with Crippen LogP contribution >= 0.6 is 0 Å². The van der Waals surface area contributed by atoms with Crippen molar-refractivity contribution < 1.29 is 19.4 Å². The van der Waals surface area contributed by atoms with E-state index in [1.165, 1.54) is 63.0 Å².